The van der Waals surface area contributed by atoms with Gasteiger partial charge in [-0.25, -0.2) is 16.8 Å². The molecule has 1 atom stereocenters. The van der Waals surface area contributed by atoms with Gasteiger partial charge >= 0.3 is 0 Å². The second-order valence-electron chi connectivity index (χ2n) is 8.93. The maximum Gasteiger partial charge on any atom is 0.223 e. The van der Waals surface area contributed by atoms with Crippen molar-refractivity contribution in [2.24, 2.45) is 0 Å². The summed E-state index contributed by atoms with van der Waals surface area (Å²) in [4.78, 5) is 14.4. The molecule has 1 aliphatic heterocycles. The van der Waals surface area contributed by atoms with E-state index in [1.807, 2.05) is 12.1 Å². The Morgan fingerprint density at radius 3 is 2.22 bits per heavy atom. The van der Waals surface area contributed by atoms with Gasteiger partial charge in [0.05, 0.1) is 11.2 Å². The highest BCUT2D eigenvalue weighted by Crippen LogP contribution is 2.19. The smallest absolute Gasteiger partial charge is 0.223 e. The summed E-state index contributed by atoms with van der Waals surface area (Å²) < 4.78 is 48.1. The molecule has 2 rings (SSSR count). The number of benzene rings is 1. The van der Waals surface area contributed by atoms with Gasteiger partial charge in [-0.1, -0.05) is 19.1 Å². The first kappa shape index (κ1) is 26.8. The van der Waals surface area contributed by atoms with E-state index < -0.39 is 19.9 Å². The van der Waals surface area contributed by atoms with Crippen LogP contribution >= 0.6 is 0 Å². The predicted molar refractivity (Wildman–Crippen MR) is 127 cm³/mol. The van der Waals surface area contributed by atoms with E-state index in [-0.39, 0.29) is 24.4 Å². The Morgan fingerprint density at radius 1 is 1.00 bits per heavy atom. The number of sulfonamides is 1. The molecule has 0 saturated carbocycles. The maximum absolute atomic E-state index is 12.3. The largest absolute Gasteiger partial charge is 0.341 e. The van der Waals surface area contributed by atoms with Crippen molar-refractivity contribution in [3.8, 4) is 0 Å². The van der Waals surface area contributed by atoms with Crippen LogP contribution in [0.3, 0.4) is 0 Å². The third-order valence-corrected chi connectivity index (χ3v) is 8.58. The van der Waals surface area contributed by atoms with Crippen molar-refractivity contribution in [1.29, 1.82) is 0 Å². The van der Waals surface area contributed by atoms with E-state index in [9.17, 15) is 21.6 Å². The van der Waals surface area contributed by atoms with E-state index in [1.165, 1.54) is 16.8 Å². The lowest BCUT2D eigenvalue weighted by atomic mass is 9.90. The second kappa shape index (κ2) is 11.1. The number of unbranched alkanes of at least 4 members (excludes halogenated alkanes) is 1. The summed E-state index contributed by atoms with van der Waals surface area (Å²) in [6.07, 6.45) is 6.09. The van der Waals surface area contributed by atoms with E-state index >= 15 is 0 Å². The molecule has 1 aliphatic rings. The molecule has 182 valence electrons. The summed E-state index contributed by atoms with van der Waals surface area (Å²) in [5, 5.41) is 3.62. The van der Waals surface area contributed by atoms with Crippen LogP contribution in [0.2, 0.25) is 0 Å². The standard InChI is InChI=1S/C22H37N3O5S2/c1-5-22(2,18-19-8-10-20(11-9-19)31(3,27)28)23-13-6-7-14-24-16-17-25(32(4,29)30)15-12-21(24)26/h8-11,23H,5-7,12-18H2,1-4H3. The zero-order valence-electron chi connectivity index (χ0n) is 19.6. The fourth-order valence-corrected chi connectivity index (χ4v) is 5.32. The van der Waals surface area contributed by atoms with Gasteiger partial charge in [0.15, 0.2) is 9.84 Å². The lowest BCUT2D eigenvalue weighted by Crippen LogP contribution is -2.44. The van der Waals surface area contributed by atoms with Gasteiger partial charge in [-0.3, -0.25) is 4.79 Å². The molecule has 1 heterocycles. The highest BCUT2D eigenvalue weighted by atomic mass is 32.2. The van der Waals surface area contributed by atoms with Crippen LogP contribution in [-0.4, -0.2) is 82.7 Å². The van der Waals surface area contributed by atoms with Gasteiger partial charge < -0.3 is 10.2 Å². The molecular weight excluding hydrogens is 450 g/mol. The van der Waals surface area contributed by atoms with Crippen molar-refractivity contribution < 1.29 is 21.6 Å². The Kier molecular flexibility index (Phi) is 9.27. The summed E-state index contributed by atoms with van der Waals surface area (Å²) in [6, 6.07) is 7.06. The first-order chi connectivity index (χ1) is 14.8. The van der Waals surface area contributed by atoms with Crippen molar-refractivity contribution in [3.05, 3.63) is 29.8 Å². The van der Waals surface area contributed by atoms with Gasteiger partial charge in [0.1, 0.15) is 0 Å². The number of hydrogen-bond donors (Lipinski definition) is 1. The Labute approximate surface area is 193 Å². The number of carbonyl (C=O) groups is 1. The molecule has 1 saturated heterocycles. The van der Waals surface area contributed by atoms with E-state index in [4.69, 9.17) is 0 Å². The van der Waals surface area contributed by atoms with Gasteiger partial charge in [0, 0.05) is 44.4 Å². The summed E-state index contributed by atoms with van der Waals surface area (Å²) in [7, 11) is -6.46. The number of carbonyl (C=O) groups excluding carboxylic acids is 1. The fraction of sp³-hybridized carbons (Fsp3) is 0.682. The number of rotatable bonds is 11. The molecule has 10 heteroatoms. The number of hydrogen-bond acceptors (Lipinski definition) is 6. The Bertz CT molecular complexity index is 977. The Hall–Kier alpha value is -1.49. The molecular formula is C22H37N3O5S2. The maximum atomic E-state index is 12.3. The van der Waals surface area contributed by atoms with E-state index in [0.717, 1.165) is 37.8 Å². The molecule has 1 amide bonds. The van der Waals surface area contributed by atoms with E-state index in [0.29, 0.717) is 24.5 Å². The average Bonchev–Trinajstić information content (AvgIpc) is 2.89. The number of nitrogens with one attached hydrogen (secondary N) is 1. The van der Waals surface area contributed by atoms with Crippen molar-refractivity contribution >= 4 is 25.8 Å². The topological polar surface area (TPSA) is 104 Å². The first-order valence-corrected chi connectivity index (χ1v) is 14.8. The minimum atomic E-state index is -3.27. The van der Waals surface area contributed by atoms with Crippen LogP contribution in [0, 0.1) is 0 Å². The molecule has 0 bridgehead atoms. The number of nitrogens with zero attached hydrogens (tertiary/aromatic N) is 2. The Balaban J connectivity index is 1.79. The van der Waals surface area contributed by atoms with Gasteiger partial charge in [-0.15, -0.1) is 0 Å². The van der Waals surface area contributed by atoms with Crippen molar-refractivity contribution in [1.82, 2.24) is 14.5 Å². The average molecular weight is 488 g/mol. The molecule has 8 nitrogen and oxygen atoms in total. The van der Waals surface area contributed by atoms with Gasteiger partial charge in [-0.05, 0) is 56.8 Å². The minimum absolute atomic E-state index is 0.0139. The van der Waals surface area contributed by atoms with E-state index in [1.54, 1.807) is 17.0 Å². The highest BCUT2D eigenvalue weighted by Gasteiger charge is 2.25. The molecule has 0 aromatic heterocycles. The van der Waals surface area contributed by atoms with E-state index in [2.05, 4.69) is 19.2 Å². The van der Waals surface area contributed by atoms with Crippen molar-refractivity contribution in [2.75, 3.05) is 45.2 Å². The number of sulfone groups is 1. The number of amides is 1. The normalized spacial score (nSPS) is 18.4. The quantitative estimate of drug-likeness (QED) is 0.476. The zero-order chi connectivity index (χ0) is 24.0. The predicted octanol–water partition coefficient (Wildman–Crippen LogP) is 1.67. The second-order valence-corrected chi connectivity index (χ2v) is 12.9. The molecule has 1 N–H and O–H groups in total. The van der Waals surface area contributed by atoms with Gasteiger partial charge in [0.25, 0.3) is 0 Å². The molecule has 1 aromatic carbocycles. The highest BCUT2D eigenvalue weighted by molar-refractivity contribution is 7.90. The van der Waals surface area contributed by atoms with Crippen LogP contribution in [0.25, 0.3) is 0 Å². The van der Waals surface area contributed by atoms with Crippen LogP contribution in [-0.2, 0) is 31.1 Å². The van der Waals surface area contributed by atoms with Crippen molar-refractivity contribution in [3.63, 3.8) is 0 Å². The lowest BCUT2D eigenvalue weighted by Gasteiger charge is -2.30. The third kappa shape index (κ3) is 8.13. The molecule has 1 unspecified atom stereocenters. The summed E-state index contributed by atoms with van der Waals surface area (Å²) in [5.74, 6) is 0.0139. The summed E-state index contributed by atoms with van der Waals surface area (Å²) in [6.45, 7) is 6.79. The lowest BCUT2D eigenvalue weighted by molar-refractivity contribution is -0.130. The zero-order valence-corrected chi connectivity index (χ0v) is 21.3. The first-order valence-electron chi connectivity index (χ1n) is 11.1. The van der Waals surface area contributed by atoms with Crippen LogP contribution in [0.4, 0.5) is 0 Å². The van der Waals surface area contributed by atoms with Crippen LogP contribution in [0.1, 0.15) is 45.1 Å². The molecule has 0 spiro atoms. The van der Waals surface area contributed by atoms with Crippen LogP contribution in [0.5, 0.6) is 0 Å². The van der Waals surface area contributed by atoms with Crippen LogP contribution < -0.4 is 5.32 Å². The van der Waals surface area contributed by atoms with Gasteiger partial charge in [-0.2, -0.15) is 4.31 Å². The molecule has 1 fully saturated rings. The molecule has 0 aliphatic carbocycles. The monoisotopic (exact) mass is 487 g/mol. The summed E-state index contributed by atoms with van der Waals surface area (Å²) in [5.41, 5.74) is 0.973. The summed E-state index contributed by atoms with van der Waals surface area (Å²) >= 11 is 0. The molecule has 32 heavy (non-hydrogen) atoms. The van der Waals surface area contributed by atoms with Crippen LogP contribution in [0.15, 0.2) is 29.2 Å². The van der Waals surface area contributed by atoms with Gasteiger partial charge in [0.2, 0.25) is 15.9 Å². The SMILES string of the molecule is CCC(C)(Cc1ccc(S(C)(=O)=O)cc1)NCCCCN1CCN(S(C)(=O)=O)CCC1=O. The minimum Gasteiger partial charge on any atom is -0.341 e. The van der Waals surface area contributed by atoms with Crippen molar-refractivity contribution in [2.45, 2.75) is 56.4 Å². The molecule has 0 radical (unpaired) electrons. The Morgan fingerprint density at radius 2 is 1.66 bits per heavy atom. The fourth-order valence-electron chi connectivity index (χ4n) is 3.85. The molecule has 1 aromatic rings. The third-order valence-electron chi connectivity index (χ3n) is 6.15.